The molecule has 17 heavy (non-hydrogen) atoms. The molecule has 1 aliphatic rings. The Morgan fingerprint density at radius 1 is 1.24 bits per heavy atom. The van der Waals surface area contributed by atoms with Gasteiger partial charge in [0.2, 0.25) is 0 Å². The number of hydrogen-bond donors (Lipinski definition) is 0. The van der Waals surface area contributed by atoms with Crippen molar-refractivity contribution in [2.24, 2.45) is 5.41 Å². The monoisotopic (exact) mass is 230 g/mol. The maximum absolute atomic E-state index is 12.7. The molecule has 1 saturated carbocycles. The van der Waals surface area contributed by atoms with E-state index in [-0.39, 0.29) is 5.41 Å². The number of carbonyl (C=O) groups excluding carboxylic acids is 1. The largest absolute Gasteiger partial charge is 0.294 e. The number of Topliss-reactive ketones (excluding diaryl/α,β-unsaturated/α-hetero) is 1. The molecule has 1 fully saturated rings. The molecule has 0 atom stereocenters. The summed E-state index contributed by atoms with van der Waals surface area (Å²) in [6.45, 7) is 4.29. The van der Waals surface area contributed by atoms with Gasteiger partial charge >= 0.3 is 0 Å². The van der Waals surface area contributed by atoms with E-state index in [1.165, 1.54) is 18.4 Å². The molecule has 0 bridgehead atoms. The quantitative estimate of drug-likeness (QED) is 0.700. The number of hydrogen-bond acceptors (Lipinski definition) is 1. The van der Waals surface area contributed by atoms with Gasteiger partial charge < -0.3 is 0 Å². The molecule has 2 rings (SSSR count). The lowest BCUT2D eigenvalue weighted by atomic mass is 9.76. The molecule has 92 valence electrons. The van der Waals surface area contributed by atoms with Crippen LogP contribution in [0.15, 0.2) is 24.3 Å². The fourth-order valence-electron chi connectivity index (χ4n) is 3.03. The summed E-state index contributed by atoms with van der Waals surface area (Å²) in [7, 11) is 0. The molecule has 0 N–H and O–H groups in total. The second-order valence-electron chi connectivity index (χ2n) is 5.22. The van der Waals surface area contributed by atoms with E-state index in [1.54, 1.807) is 0 Å². The molecule has 1 aromatic rings. The second-order valence-corrected chi connectivity index (χ2v) is 5.22. The van der Waals surface area contributed by atoms with Gasteiger partial charge in [0.05, 0.1) is 0 Å². The first-order valence-electron chi connectivity index (χ1n) is 6.85. The topological polar surface area (TPSA) is 17.1 Å². The zero-order valence-corrected chi connectivity index (χ0v) is 11.0. The first-order chi connectivity index (χ1) is 8.22. The van der Waals surface area contributed by atoms with Gasteiger partial charge in [0.15, 0.2) is 5.78 Å². The lowest BCUT2D eigenvalue weighted by Gasteiger charge is -2.25. The highest BCUT2D eigenvalue weighted by atomic mass is 16.1. The van der Waals surface area contributed by atoms with E-state index in [0.29, 0.717) is 5.78 Å². The highest BCUT2D eigenvalue weighted by Gasteiger charge is 2.39. The Bertz CT molecular complexity index is 400. The Morgan fingerprint density at radius 3 is 2.53 bits per heavy atom. The summed E-state index contributed by atoms with van der Waals surface area (Å²) in [5.41, 5.74) is 2.14. The van der Waals surface area contributed by atoms with Gasteiger partial charge in [-0.1, -0.05) is 44.9 Å². The molecule has 0 aromatic heterocycles. The van der Waals surface area contributed by atoms with Crippen molar-refractivity contribution in [2.45, 2.75) is 52.4 Å². The summed E-state index contributed by atoms with van der Waals surface area (Å²) in [5.74, 6) is 0.382. The molecule has 1 nitrogen and oxygen atoms in total. The molecule has 0 aliphatic heterocycles. The molecule has 0 unspecified atom stereocenters. The van der Waals surface area contributed by atoms with Crippen molar-refractivity contribution in [1.82, 2.24) is 0 Å². The SMILES string of the molecule is CCc1cccc(C(=O)C2(CC)CCCC2)c1. The predicted molar refractivity (Wildman–Crippen MR) is 71.3 cm³/mol. The third-order valence-corrected chi connectivity index (χ3v) is 4.32. The van der Waals surface area contributed by atoms with Crippen LogP contribution in [0.4, 0.5) is 0 Å². The summed E-state index contributed by atoms with van der Waals surface area (Å²) >= 11 is 0. The highest BCUT2D eigenvalue weighted by molar-refractivity contribution is 6.00. The van der Waals surface area contributed by atoms with Gasteiger partial charge in [0.1, 0.15) is 0 Å². The molecule has 1 aliphatic carbocycles. The van der Waals surface area contributed by atoms with Crippen molar-refractivity contribution in [2.75, 3.05) is 0 Å². The smallest absolute Gasteiger partial charge is 0.168 e. The van der Waals surface area contributed by atoms with Crippen LogP contribution in [0.5, 0.6) is 0 Å². The predicted octanol–water partition coefficient (Wildman–Crippen LogP) is 4.40. The van der Waals surface area contributed by atoms with E-state index in [9.17, 15) is 4.79 Å². The summed E-state index contributed by atoms with van der Waals surface area (Å²) in [5, 5.41) is 0. The third-order valence-electron chi connectivity index (χ3n) is 4.32. The summed E-state index contributed by atoms with van der Waals surface area (Å²) in [6.07, 6.45) is 6.58. The third kappa shape index (κ3) is 2.29. The van der Waals surface area contributed by atoms with Crippen LogP contribution in [0.2, 0.25) is 0 Å². The number of rotatable bonds is 4. The van der Waals surface area contributed by atoms with Gasteiger partial charge in [-0.25, -0.2) is 0 Å². The fraction of sp³-hybridized carbons (Fsp3) is 0.562. The number of ketones is 1. The van der Waals surface area contributed by atoms with Crippen LogP contribution in [-0.2, 0) is 6.42 Å². The van der Waals surface area contributed by atoms with E-state index in [4.69, 9.17) is 0 Å². The van der Waals surface area contributed by atoms with Crippen molar-refractivity contribution in [3.63, 3.8) is 0 Å². The normalized spacial score (nSPS) is 18.2. The van der Waals surface area contributed by atoms with Gasteiger partial charge in [-0.05, 0) is 37.3 Å². The van der Waals surface area contributed by atoms with E-state index in [2.05, 4.69) is 26.0 Å². The van der Waals surface area contributed by atoms with Crippen LogP contribution < -0.4 is 0 Å². The maximum atomic E-state index is 12.7. The summed E-state index contributed by atoms with van der Waals surface area (Å²) in [6, 6.07) is 8.18. The molecule has 0 spiro atoms. The Labute approximate surface area is 104 Å². The average molecular weight is 230 g/mol. The van der Waals surface area contributed by atoms with Crippen molar-refractivity contribution in [3.05, 3.63) is 35.4 Å². The molecule has 1 aromatic carbocycles. The summed E-state index contributed by atoms with van der Waals surface area (Å²) < 4.78 is 0. The molecule has 0 heterocycles. The molecule has 1 heteroatoms. The Hall–Kier alpha value is -1.11. The highest BCUT2D eigenvalue weighted by Crippen LogP contribution is 2.43. The summed E-state index contributed by atoms with van der Waals surface area (Å²) in [4.78, 5) is 12.7. The van der Waals surface area contributed by atoms with Crippen molar-refractivity contribution < 1.29 is 4.79 Å². The molecule has 0 amide bonds. The molecule has 0 radical (unpaired) electrons. The van der Waals surface area contributed by atoms with Crippen molar-refractivity contribution in [3.8, 4) is 0 Å². The van der Waals surface area contributed by atoms with Gasteiger partial charge in [-0.2, -0.15) is 0 Å². The Balaban J connectivity index is 2.29. The minimum Gasteiger partial charge on any atom is -0.294 e. The lowest BCUT2D eigenvalue weighted by Crippen LogP contribution is -2.27. The van der Waals surface area contributed by atoms with E-state index >= 15 is 0 Å². The number of aryl methyl sites for hydroxylation is 1. The molecular formula is C16H22O. The van der Waals surface area contributed by atoms with Crippen molar-refractivity contribution in [1.29, 1.82) is 0 Å². The van der Waals surface area contributed by atoms with Crippen LogP contribution in [0.25, 0.3) is 0 Å². The zero-order chi connectivity index (χ0) is 12.3. The zero-order valence-electron chi connectivity index (χ0n) is 11.0. The van der Waals surface area contributed by atoms with Gasteiger partial charge in [-0.15, -0.1) is 0 Å². The van der Waals surface area contributed by atoms with Crippen LogP contribution in [0.1, 0.15) is 61.9 Å². The second kappa shape index (κ2) is 5.03. The maximum Gasteiger partial charge on any atom is 0.168 e. The first kappa shape index (κ1) is 12.3. The van der Waals surface area contributed by atoms with Crippen molar-refractivity contribution >= 4 is 5.78 Å². The Morgan fingerprint density at radius 2 is 1.94 bits per heavy atom. The molecule has 0 saturated heterocycles. The minimum atomic E-state index is -0.0492. The standard InChI is InChI=1S/C16H22O/c1-3-13-8-7-9-14(12-13)15(17)16(4-2)10-5-6-11-16/h7-9,12H,3-6,10-11H2,1-2H3. The van der Waals surface area contributed by atoms with E-state index in [0.717, 1.165) is 31.2 Å². The van der Waals surface area contributed by atoms with Crippen LogP contribution in [0, 0.1) is 5.41 Å². The first-order valence-corrected chi connectivity index (χ1v) is 6.85. The van der Waals surface area contributed by atoms with Gasteiger partial charge in [-0.3, -0.25) is 4.79 Å². The number of carbonyl (C=O) groups is 1. The van der Waals surface area contributed by atoms with Crippen LogP contribution >= 0.6 is 0 Å². The van der Waals surface area contributed by atoms with Crippen LogP contribution in [-0.4, -0.2) is 5.78 Å². The van der Waals surface area contributed by atoms with E-state index in [1.807, 2.05) is 12.1 Å². The minimum absolute atomic E-state index is 0.0492. The van der Waals surface area contributed by atoms with Crippen LogP contribution in [0.3, 0.4) is 0 Å². The van der Waals surface area contributed by atoms with Gasteiger partial charge in [0, 0.05) is 11.0 Å². The molecular weight excluding hydrogens is 208 g/mol. The number of benzene rings is 1. The van der Waals surface area contributed by atoms with Gasteiger partial charge in [0.25, 0.3) is 0 Å². The Kier molecular flexibility index (Phi) is 3.66. The van der Waals surface area contributed by atoms with E-state index < -0.39 is 0 Å². The fourth-order valence-corrected chi connectivity index (χ4v) is 3.03. The average Bonchev–Trinajstić information content (AvgIpc) is 2.88. The lowest BCUT2D eigenvalue weighted by molar-refractivity contribution is 0.0791.